The van der Waals surface area contributed by atoms with Crippen molar-refractivity contribution in [1.82, 2.24) is 5.32 Å². The van der Waals surface area contributed by atoms with Crippen LogP contribution in [0.1, 0.15) is 245 Å². The fraction of sp³-hybridized carbons (Fsp3) is 0.891. The SMILES string of the molecule is CCCCCCCC/C=C\CCCCCCCCCCCC(=O)OC(CCCCCCCCCC)CCCCCCCC(=O)NC(CCCN)C(=O)O. The highest BCUT2D eigenvalue weighted by molar-refractivity contribution is 5.83. The number of unbranched alkanes of at least 4 members (excludes halogenated alkanes) is 26. The van der Waals surface area contributed by atoms with Gasteiger partial charge in [0.15, 0.2) is 0 Å². The summed E-state index contributed by atoms with van der Waals surface area (Å²) < 4.78 is 6.04. The Balaban J connectivity index is 4.12. The molecule has 0 aromatic heterocycles. The molecule has 0 saturated carbocycles. The lowest BCUT2D eigenvalue weighted by Gasteiger charge is -2.18. The number of aliphatic carboxylic acids is 1. The van der Waals surface area contributed by atoms with Gasteiger partial charge in [-0.3, -0.25) is 9.59 Å². The zero-order chi connectivity index (χ0) is 38.9. The number of carbonyl (C=O) groups excluding carboxylic acids is 2. The number of nitrogens with one attached hydrogen (secondary N) is 1. The standard InChI is InChI=1S/C46H88N2O5/c1-3-5-7-9-11-13-14-15-16-17-18-19-20-21-22-23-25-30-34-40-45(50)53-42(36-31-27-24-12-10-8-6-4-2)37-32-28-26-29-33-39-44(49)48-43(46(51)52)38-35-41-47/h15-16,42-43H,3-14,17-41,47H2,1-2H3,(H,48,49)(H,51,52)/b16-15-. The van der Waals surface area contributed by atoms with Gasteiger partial charge in [-0.05, 0) is 83.6 Å². The maximum absolute atomic E-state index is 12.8. The second-order valence-electron chi connectivity index (χ2n) is 15.8. The summed E-state index contributed by atoms with van der Waals surface area (Å²) in [6.07, 6.45) is 45.5. The first-order valence-electron chi connectivity index (χ1n) is 23.0. The lowest BCUT2D eigenvalue weighted by Crippen LogP contribution is -2.40. The quantitative estimate of drug-likeness (QED) is 0.0325. The summed E-state index contributed by atoms with van der Waals surface area (Å²) in [5.74, 6) is -1.22. The Morgan fingerprint density at radius 2 is 0.925 bits per heavy atom. The third-order valence-electron chi connectivity index (χ3n) is 10.6. The molecule has 7 heteroatoms. The summed E-state index contributed by atoms with van der Waals surface area (Å²) in [6, 6.07) is -0.853. The van der Waals surface area contributed by atoms with Gasteiger partial charge < -0.3 is 20.9 Å². The minimum absolute atomic E-state index is 0.0191. The van der Waals surface area contributed by atoms with Gasteiger partial charge in [0.25, 0.3) is 0 Å². The average molecular weight is 749 g/mol. The van der Waals surface area contributed by atoms with Gasteiger partial charge in [-0.1, -0.05) is 167 Å². The molecule has 1 amide bonds. The largest absolute Gasteiger partial charge is 0.480 e. The third-order valence-corrected chi connectivity index (χ3v) is 10.6. The summed E-state index contributed by atoms with van der Waals surface area (Å²) in [5.41, 5.74) is 5.48. The van der Waals surface area contributed by atoms with Crippen LogP contribution in [0.3, 0.4) is 0 Å². The number of carboxylic acid groups (broad SMARTS) is 1. The molecule has 0 aromatic carbocycles. The van der Waals surface area contributed by atoms with Crippen molar-refractivity contribution in [3.8, 4) is 0 Å². The van der Waals surface area contributed by atoms with E-state index in [2.05, 4.69) is 31.3 Å². The van der Waals surface area contributed by atoms with E-state index < -0.39 is 12.0 Å². The van der Waals surface area contributed by atoms with Crippen LogP contribution >= 0.6 is 0 Å². The van der Waals surface area contributed by atoms with Crippen molar-refractivity contribution in [3.63, 3.8) is 0 Å². The van der Waals surface area contributed by atoms with E-state index >= 15 is 0 Å². The topological polar surface area (TPSA) is 119 Å². The minimum atomic E-state index is -1.00. The Morgan fingerprint density at radius 3 is 1.36 bits per heavy atom. The van der Waals surface area contributed by atoms with Crippen LogP contribution in [-0.2, 0) is 19.1 Å². The molecule has 0 rings (SSSR count). The lowest BCUT2D eigenvalue weighted by molar-refractivity contribution is -0.150. The van der Waals surface area contributed by atoms with Crippen molar-refractivity contribution in [2.24, 2.45) is 5.73 Å². The molecule has 312 valence electrons. The number of carbonyl (C=O) groups is 3. The first-order chi connectivity index (χ1) is 25.9. The van der Waals surface area contributed by atoms with Crippen molar-refractivity contribution < 1.29 is 24.2 Å². The molecule has 0 bridgehead atoms. The molecule has 7 nitrogen and oxygen atoms in total. The zero-order valence-electron chi connectivity index (χ0n) is 35.1. The predicted molar refractivity (Wildman–Crippen MR) is 225 cm³/mol. The molecule has 2 atom stereocenters. The molecule has 0 spiro atoms. The van der Waals surface area contributed by atoms with E-state index in [1.165, 1.54) is 141 Å². The summed E-state index contributed by atoms with van der Waals surface area (Å²) >= 11 is 0. The molecule has 0 fully saturated rings. The number of hydrogen-bond donors (Lipinski definition) is 3. The summed E-state index contributed by atoms with van der Waals surface area (Å²) in [7, 11) is 0. The number of hydrogen-bond acceptors (Lipinski definition) is 5. The van der Waals surface area contributed by atoms with Crippen molar-refractivity contribution >= 4 is 17.8 Å². The van der Waals surface area contributed by atoms with Crippen molar-refractivity contribution in [3.05, 3.63) is 12.2 Å². The van der Waals surface area contributed by atoms with Crippen LogP contribution in [0.25, 0.3) is 0 Å². The lowest BCUT2D eigenvalue weighted by atomic mass is 10.0. The Labute approximate surface area is 328 Å². The fourth-order valence-corrected chi connectivity index (χ4v) is 7.09. The van der Waals surface area contributed by atoms with Gasteiger partial charge in [0.2, 0.25) is 5.91 Å². The molecule has 0 heterocycles. The molecule has 0 aliphatic heterocycles. The van der Waals surface area contributed by atoms with Crippen LogP contribution in [0, 0.1) is 0 Å². The highest BCUT2D eigenvalue weighted by Crippen LogP contribution is 2.19. The summed E-state index contributed by atoms with van der Waals surface area (Å²) in [5, 5.41) is 11.9. The fourth-order valence-electron chi connectivity index (χ4n) is 7.09. The van der Waals surface area contributed by atoms with Gasteiger partial charge in [0.05, 0.1) is 0 Å². The highest BCUT2D eigenvalue weighted by Gasteiger charge is 2.19. The van der Waals surface area contributed by atoms with Crippen molar-refractivity contribution in [1.29, 1.82) is 0 Å². The molecule has 53 heavy (non-hydrogen) atoms. The van der Waals surface area contributed by atoms with E-state index in [1.54, 1.807) is 0 Å². The van der Waals surface area contributed by atoms with Crippen LogP contribution in [0.15, 0.2) is 12.2 Å². The zero-order valence-corrected chi connectivity index (χ0v) is 35.1. The third kappa shape index (κ3) is 38.2. The predicted octanol–water partition coefficient (Wildman–Crippen LogP) is 13.1. The Hall–Kier alpha value is -1.89. The van der Waals surface area contributed by atoms with Gasteiger partial charge in [0, 0.05) is 12.8 Å². The maximum Gasteiger partial charge on any atom is 0.326 e. The second kappa shape index (κ2) is 41.3. The van der Waals surface area contributed by atoms with E-state index in [0.29, 0.717) is 32.2 Å². The number of ether oxygens (including phenoxy) is 1. The number of carboxylic acids is 1. The van der Waals surface area contributed by atoms with Gasteiger partial charge >= 0.3 is 11.9 Å². The molecule has 0 saturated heterocycles. The Kier molecular flexibility index (Phi) is 39.8. The van der Waals surface area contributed by atoms with Gasteiger partial charge in [0.1, 0.15) is 12.1 Å². The van der Waals surface area contributed by atoms with E-state index in [0.717, 1.165) is 64.2 Å². The molecular formula is C46H88N2O5. The summed E-state index contributed by atoms with van der Waals surface area (Å²) in [6.45, 7) is 4.95. The molecule has 0 aliphatic carbocycles. The first-order valence-corrected chi connectivity index (χ1v) is 23.0. The normalized spacial score (nSPS) is 12.7. The van der Waals surface area contributed by atoms with E-state index in [4.69, 9.17) is 10.5 Å². The van der Waals surface area contributed by atoms with E-state index in [1.807, 2.05) is 0 Å². The smallest absolute Gasteiger partial charge is 0.326 e. The molecule has 0 aromatic rings. The first kappa shape index (κ1) is 51.1. The Morgan fingerprint density at radius 1 is 0.528 bits per heavy atom. The van der Waals surface area contributed by atoms with Gasteiger partial charge in [-0.2, -0.15) is 0 Å². The number of rotatable bonds is 42. The number of amides is 1. The average Bonchev–Trinajstić information content (AvgIpc) is 3.14. The van der Waals surface area contributed by atoms with Crippen LogP contribution < -0.4 is 11.1 Å². The molecule has 0 aliphatic rings. The van der Waals surface area contributed by atoms with Crippen molar-refractivity contribution in [2.45, 2.75) is 257 Å². The number of esters is 1. The van der Waals surface area contributed by atoms with Crippen molar-refractivity contribution in [2.75, 3.05) is 6.54 Å². The molecule has 4 N–H and O–H groups in total. The second-order valence-corrected chi connectivity index (χ2v) is 15.8. The number of allylic oxidation sites excluding steroid dienone is 2. The van der Waals surface area contributed by atoms with Crippen LogP contribution in [0.2, 0.25) is 0 Å². The van der Waals surface area contributed by atoms with Crippen LogP contribution in [0.5, 0.6) is 0 Å². The van der Waals surface area contributed by atoms with Crippen LogP contribution in [0.4, 0.5) is 0 Å². The molecule has 0 radical (unpaired) electrons. The van der Waals surface area contributed by atoms with E-state index in [9.17, 15) is 19.5 Å². The Bertz CT molecular complexity index is 848. The van der Waals surface area contributed by atoms with E-state index in [-0.39, 0.29) is 18.0 Å². The summed E-state index contributed by atoms with van der Waals surface area (Å²) in [4.78, 5) is 36.3. The molecule has 2 unspecified atom stereocenters. The minimum Gasteiger partial charge on any atom is -0.480 e. The van der Waals surface area contributed by atoms with Crippen LogP contribution in [-0.4, -0.2) is 41.6 Å². The molecular weight excluding hydrogens is 661 g/mol. The maximum atomic E-state index is 12.8. The monoisotopic (exact) mass is 749 g/mol. The number of nitrogens with two attached hydrogens (primary N) is 1. The van der Waals surface area contributed by atoms with Gasteiger partial charge in [-0.25, -0.2) is 4.79 Å². The highest BCUT2D eigenvalue weighted by atomic mass is 16.5. The van der Waals surface area contributed by atoms with Gasteiger partial charge in [-0.15, -0.1) is 0 Å².